The number of halogens is 1. The molecule has 114 valence electrons. The first kappa shape index (κ1) is 15.9. The molecule has 0 radical (unpaired) electrons. The van der Waals surface area contributed by atoms with Crippen LogP contribution in [0.4, 0.5) is 0 Å². The van der Waals surface area contributed by atoms with Crippen molar-refractivity contribution in [2.24, 2.45) is 10.9 Å². The number of allylic oxidation sites excluding steroid dienone is 1. The fourth-order valence-corrected chi connectivity index (χ4v) is 2.76. The van der Waals surface area contributed by atoms with Gasteiger partial charge in [-0.3, -0.25) is 0 Å². The van der Waals surface area contributed by atoms with Crippen molar-refractivity contribution in [3.63, 3.8) is 0 Å². The molecule has 0 unspecified atom stereocenters. The van der Waals surface area contributed by atoms with Gasteiger partial charge < -0.3 is 16.3 Å². The van der Waals surface area contributed by atoms with Gasteiger partial charge in [-0.25, -0.2) is 0 Å². The maximum atomic E-state index is 8.65. The molecule has 0 heterocycles. The van der Waals surface area contributed by atoms with E-state index in [9.17, 15) is 0 Å². The van der Waals surface area contributed by atoms with E-state index in [1.807, 2.05) is 12.1 Å². The van der Waals surface area contributed by atoms with E-state index in [2.05, 4.69) is 16.5 Å². The second-order valence-corrected chi connectivity index (χ2v) is 5.73. The van der Waals surface area contributed by atoms with Crippen LogP contribution in [-0.4, -0.2) is 17.6 Å². The molecule has 1 aliphatic carbocycles. The zero-order chi connectivity index (χ0) is 15.1. The van der Waals surface area contributed by atoms with Crippen molar-refractivity contribution in [2.75, 3.05) is 6.54 Å². The van der Waals surface area contributed by atoms with Crippen LogP contribution < -0.4 is 11.1 Å². The number of amidine groups is 1. The average Bonchev–Trinajstić information content (AvgIpc) is 2.53. The summed E-state index contributed by atoms with van der Waals surface area (Å²) in [5, 5.41) is 15.7. The van der Waals surface area contributed by atoms with E-state index in [1.54, 1.807) is 11.6 Å². The van der Waals surface area contributed by atoms with Crippen molar-refractivity contribution in [3.8, 4) is 0 Å². The van der Waals surface area contributed by atoms with Crippen LogP contribution in [0, 0.1) is 0 Å². The molecule has 5 heteroatoms. The van der Waals surface area contributed by atoms with E-state index in [0.717, 1.165) is 25.1 Å². The van der Waals surface area contributed by atoms with Gasteiger partial charge in [0.1, 0.15) is 0 Å². The molecule has 0 atom stereocenters. The summed E-state index contributed by atoms with van der Waals surface area (Å²) in [6.07, 6.45) is 8.63. The number of hydrogen-bond donors (Lipinski definition) is 3. The van der Waals surface area contributed by atoms with E-state index in [4.69, 9.17) is 22.5 Å². The van der Waals surface area contributed by atoms with E-state index >= 15 is 0 Å². The maximum absolute atomic E-state index is 8.65. The van der Waals surface area contributed by atoms with E-state index < -0.39 is 0 Å². The Hall–Kier alpha value is -1.52. The smallest absolute Gasteiger partial charge is 0.170 e. The summed E-state index contributed by atoms with van der Waals surface area (Å²) < 4.78 is 0. The minimum Gasteiger partial charge on any atom is -0.409 e. The minimum atomic E-state index is 0.0700. The summed E-state index contributed by atoms with van der Waals surface area (Å²) in [5.41, 5.74) is 8.75. The quantitative estimate of drug-likeness (QED) is 0.188. The van der Waals surface area contributed by atoms with Crippen LogP contribution in [0.3, 0.4) is 0 Å². The molecule has 0 amide bonds. The lowest BCUT2D eigenvalue weighted by Gasteiger charge is -2.13. The van der Waals surface area contributed by atoms with Gasteiger partial charge in [0.2, 0.25) is 0 Å². The molecule has 1 aromatic rings. The van der Waals surface area contributed by atoms with Gasteiger partial charge in [0.05, 0.1) is 0 Å². The Labute approximate surface area is 130 Å². The number of nitrogens with one attached hydrogen (secondary N) is 1. The first-order valence-corrected chi connectivity index (χ1v) is 7.73. The van der Waals surface area contributed by atoms with Crippen molar-refractivity contribution < 1.29 is 5.21 Å². The van der Waals surface area contributed by atoms with Crippen molar-refractivity contribution >= 4 is 17.4 Å². The van der Waals surface area contributed by atoms with Crippen molar-refractivity contribution in [1.82, 2.24) is 5.32 Å². The van der Waals surface area contributed by atoms with Crippen LogP contribution in [0.15, 0.2) is 35.0 Å². The lowest BCUT2D eigenvalue weighted by atomic mass is 9.97. The molecule has 4 nitrogen and oxygen atoms in total. The molecular weight excluding hydrogens is 286 g/mol. The fraction of sp³-hybridized carbons (Fsp3) is 0.438. The Kier molecular flexibility index (Phi) is 6.08. The third kappa shape index (κ3) is 4.76. The Morgan fingerprint density at radius 2 is 2.24 bits per heavy atom. The van der Waals surface area contributed by atoms with Gasteiger partial charge in [-0.1, -0.05) is 40.5 Å². The van der Waals surface area contributed by atoms with Crippen LogP contribution >= 0.6 is 11.6 Å². The Morgan fingerprint density at radius 1 is 1.38 bits per heavy atom. The summed E-state index contributed by atoms with van der Waals surface area (Å²) in [7, 11) is 0. The highest BCUT2D eigenvalue weighted by Gasteiger charge is 2.06. The molecule has 0 fully saturated rings. The predicted octanol–water partition coefficient (Wildman–Crippen LogP) is 3.41. The number of rotatable bonds is 6. The average molecular weight is 308 g/mol. The summed E-state index contributed by atoms with van der Waals surface area (Å²) >= 11 is 6.21. The van der Waals surface area contributed by atoms with Gasteiger partial charge in [0, 0.05) is 17.1 Å². The molecular formula is C16H22ClN3O. The normalized spacial score (nSPS) is 15.9. The van der Waals surface area contributed by atoms with E-state index in [0.29, 0.717) is 10.6 Å². The van der Waals surface area contributed by atoms with Gasteiger partial charge in [-0.15, -0.1) is 0 Å². The lowest BCUT2D eigenvalue weighted by Crippen LogP contribution is -2.17. The summed E-state index contributed by atoms with van der Waals surface area (Å²) in [4.78, 5) is 0. The lowest BCUT2D eigenvalue weighted by molar-refractivity contribution is 0.318. The van der Waals surface area contributed by atoms with Gasteiger partial charge in [-0.05, 0) is 50.3 Å². The van der Waals surface area contributed by atoms with Crippen molar-refractivity contribution in [3.05, 3.63) is 46.0 Å². The number of oxime groups is 1. The molecule has 0 saturated heterocycles. The number of nitrogens with zero attached hydrogens (tertiary/aromatic N) is 1. The molecule has 0 aliphatic heterocycles. The van der Waals surface area contributed by atoms with Gasteiger partial charge in [0.25, 0.3) is 0 Å². The predicted molar refractivity (Wildman–Crippen MR) is 86.8 cm³/mol. The first-order chi connectivity index (χ1) is 10.2. The van der Waals surface area contributed by atoms with Gasteiger partial charge in [0.15, 0.2) is 5.84 Å². The van der Waals surface area contributed by atoms with Crippen molar-refractivity contribution in [1.29, 1.82) is 0 Å². The fourth-order valence-electron chi connectivity index (χ4n) is 2.51. The number of benzene rings is 1. The zero-order valence-corrected chi connectivity index (χ0v) is 12.9. The van der Waals surface area contributed by atoms with Gasteiger partial charge >= 0.3 is 0 Å². The van der Waals surface area contributed by atoms with Crippen LogP contribution in [0.5, 0.6) is 0 Å². The van der Waals surface area contributed by atoms with Crippen LogP contribution in [0.1, 0.15) is 43.2 Å². The standard InChI is InChI=1S/C16H22ClN3O/c17-15-10-13(16(18)20-21)6-7-14(15)11-19-9-8-12-4-2-1-3-5-12/h4,6-7,10,19,21H,1-3,5,8-9,11H2,(H2,18,20). The largest absolute Gasteiger partial charge is 0.409 e. The monoisotopic (exact) mass is 307 g/mol. The van der Waals surface area contributed by atoms with Gasteiger partial charge in [-0.2, -0.15) is 0 Å². The third-order valence-corrected chi connectivity index (χ3v) is 4.13. The Balaban J connectivity index is 1.82. The summed E-state index contributed by atoms with van der Waals surface area (Å²) in [6.45, 7) is 1.69. The van der Waals surface area contributed by atoms with E-state index in [1.165, 1.54) is 25.7 Å². The summed E-state index contributed by atoms with van der Waals surface area (Å²) in [5.74, 6) is 0.0700. The van der Waals surface area contributed by atoms with Crippen LogP contribution in [0.2, 0.25) is 5.02 Å². The van der Waals surface area contributed by atoms with Crippen LogP contribution in [0.25, 0.3) is 0 Å². The molecule has 4 N–H and O–H groups in total. The first-order valence-electron chi connectivity index (χ1n) is 7.35. The topological polar surface area (TPSA) is 70.6 Å². The zero-order valence-electron chi connectivity index (χ0n) is 12.1. The molecule has 2 rings (SSSR count). The Morgan fingerprint density at radius 3 is 2.90 bits per heavy atom. The molecule has 0 aromatic heterocycles. The molecule has 0 saturated carbocycles. The SMILES string of the molecule is N/C(=N/O)c1ccc(CNCCC2=CCCCC2)c(Cl)c1. The number of nitrogens with two attached hydrogens (primary N) is 1. The molecule has 0 bridgehead atoms. The second kappa shape index (κ2) is 8.05. The van der Waals surface area contributed by atoms with Crippen molar-refractivity contribution in [2.45, 2.75) is 38.6 Å². The Bertz CT molecular complexity index is 540. The second-order valence-electron chi connectivity index (χ2n) is 5.33. The van der Waals surface area contributed by atoms with Crippen LogP contribution in [-0.2, 0) is 6.54 Å². The maximum Gasteiger partial charge on any atom is 0.170 e. The van der Waals surface area contributed by atoms with E-state index in [-0.39, 0.29) is 5.84 Å². The highest BCUT2D eigenvalue weighted by atomic mass is 35.5. The minimum absolute atomic E-state index is 0.0700. The molecule has 1 aliphatic rings. The highest BCUT2D eigenvalue weighted by molar-refractivity contribution is 6.31. The molecule has 0 spiro atoms. The number of hydrogen-bond acceptors (Lipinski definition) is 3. The molecule has 1 aromatic carbocycles. The third-order valence-electron chi connectivity index (χ3n) is 3.78. The summed E-state index contributed by atoms with van der Waals surface area (Å²) in [6, 6.07) is 5.43. The highest BCUT2D eigenvalue weighted by Crippen LogP contribution is 2.20. The molecule has 21 heavy (non-hydrogen) atoms.